The number of carbonyl (C=O) groups excluding carboxylic acids is 1. The summed E-state index contributed by atoms with van der Waals surface area (Å²) in [5, 5.41) is 6.50. The Bertz CT molecular complexity index is 1000. The molecule has 132 valence electrons. The summed E-state index contributed by atoms with van der Waals surface area (Å²) >= 11 is 0. The van der Waals surface area contributed by atoms with Crippen LogP contribution in [0.4, 0.5) is 14.5 Å². The number of hydrogen-bond donors (Lipinski definition) is 1. The summed E-state index contributed by atoms with van der Waals surface area (Å²) in [6, 6.07) is 11.5. The molecule has 2 aromatic carbocycles. The highest BCUT2D eigenvalue weighted by Crippen LogP contribution is 2.16. The number of ether oxygens (including phenoxy) is 1. The summed E-state index contributed by atoms with van der Waals surface area (Å²) in [4.78, 5) is 24.6. The van der Waals surface area contributed by atoms with Crippen LogP contribution in [0, 0.1) is 11.6 Å². The number of nitrogens with zero attached hydrogens (tertiary/aromatic N) is 2. The van der Waals surface area contributed by atoms with Crippen LogP contribution < -0.4 is 15.5 Å². The van der Waals surface area contributed by atoms with Crippen LogP contribution in [0.25, 0.3) is 5.69 Å². The van der Waals surface area contributed by atoms with Crippen molar-refractivity contribution in [3.05, 3.63) is 82.1 Å². The molecule has 26 heavy (non-hydrogen) atoms. The molecule has 8 heteroatoms. The van der Waals surface area contributed by atoms with Gasteiger partial charge in [0.15, 0.2) is 5.69 Å². The minimum absolute atomic E-state index is 0.0833. The molecule has 0 radical (unpaired) electrons. The molecule has 1 amide bonds. The van der Waals surface area contributed by atoms with Crippen molar-refractivity contribution < 1.29 is 18.3 Å². The topological polar surface area (TPSA) is 73.2 Å². The highest BCUT2D eigenvalue weighted by atomic mass is 19.1. The summed E-state index contributed by atoms with van der Waals surface area (Å²) in [6.07, 6.45) is 0. The van der Waals surface area contributed by atoms with Crippen molar-refractivity contribution in [3.63, 3.8) is 0 Å². The van der Waals surface area contributed by atoms with Gasteiger partial charge < -0.3 is 10.1 Å². The fourth-order valence-corrected chi connectivity index (χ4v) is 2.23. The zero-order valence-electron chi connectivity index (χ0n) is 13.6. The molecular formula is C18H13F2N3O3. The number of halogens is 2. The standard InChI is InChI=1S/C18H13F2N3O3/c1-26-16-10-15(24)17(18(25)21-13-6-2-11(19)3-7-13)22-23(16)14-8-4-12(20)5-9-14/h2-10H,1H3,(H,21,25). The lowest BCUT2D eigenvalue weighted by molar-refractivity contribution is 0.101. The second-order valence-corrected chi connectivity index (χ2v) is 5.25. The zero-order valence-corrected chi connectivity index (χ0v) is 13.6. The molecule has 0 bridgehead atoms. The average Bonchev–Trinajstić information content (AvgIpc) is 2.64. The van der Waals surface area contributed by atoms with Gasteiger partial charge in [-0.15, -0.1) is 0 Å². The van der Waals surface area contributed by atoms with E-state index < -0.39 is 23.0 Å². The van der Waals surface area contributed by atoms with E-state index in [4.69, 9.17) is 4.74 Å². The number of methoxy groups -OCH3 is 1. The van der Waals surface area contributed by atoms with E-state index in [1.807, 2.05) is 0 Å². The third-order valence-corrected chi connectivity index (χ3v) is 3.49. The molecule has 0 aliphatic heterocycles. The van der Waals surface area contributed by atoms with E-state index in [2.05, 4.69) is 10.4 Å². The van der Waals surface area contributed by atoms with Crippen molar-refractivity contribution >= 4 is 11.6 Å². The summed E-state index contributed by atoms with van der Waals surface area (Å²) in [5.41, 5.74) is -0.333. The first-order chi connectivity index (χ1) is 12.5. The largest absolute Gasteiger partial charge is 0.481 e. The number of carbonyl (C=O) groups is 1. The van der Waals surface area contributed by atoms with E-state index in [0.29, 0.717) is 11.4 Å². The van der Waals surface area contributed by atoms with Gasteiger partial charge in [-0.3, -0.25) is 9.59 Å². The Morgan fingerprint density at radius 3 is 2.19 bits per heavy atom. The smallest absolute Gasteiger partial charge is 0.280 e. The van der Waals surface area contributed by atoms with Gasteiger partial charge in [-0.25, -0.2) is 13.5 Å². The van der Waals surface area contributed by atoms with Gasteiger partial charge in [0.05, 0.1) is 18.9 Å². The highest BCUT2D eigenvalue weighted by molar-refractivity contribution is 6.02. The molecule has 1 heterocycles. The Hall–Kier alpha value is -3.55. The molecule has 0 fully saturated rings. The second kappa shape index (κ2) is 7.14. The van der Waals surface area contributed by atoms with Crippen LogP contribution in [0.15, 0.2) is 59.4 Å². The predicted molar refractivity (Wildman–Crippen MR) is 90.7 cm³/mol. The monoisotopic (exact) mass is 357 g/mol. The van der Waals surface area contributed by atoms with Crippen LogP contribution in [0.2, 0.25) is 0 Å². The number of amides is 1. The maximum absolute atomic E-state index is 13.1. The third-order valence-electron chi connectivity index (χ3n) is 3.49. The van der Waals surface area contributed by atoms with Crippen molar-refractivity contribution in [3.8, 4) is 11.6 Å². The average molecular weight is 357 g/mol. The summed E-state index contributed by atoms with van der Waals surface area (Å²) in [5.74, 6) is -1.58. The van der Waals surface area contributed by atoms with Gasteiger partial charge in [-0.1, -0.05) is 0 Å². The van der Waals surface area contributed by atoms with Crippen molar-refractivity contribution in [2.45, 2.75) is 0 Å². The maximum atomic E-state index is 13.1. The molecule has 0 saturated heterocycles. The number of anilines is 1. The fourth-order valence-electron chi connectivity index (χ4n) is 2.23. The van der Waals surface area contributed by atoms with Crippen LogP contribution in [0.1, 0.15) is 10.5 Å². The molecule has 1 N–H and O–H groups in total. The highest BCUT2D eigenvalue weighted by Gasteiger charge is 2.17. The Balaban J connectivity index is 2.00. The minimum Gasteiger partial charge on any atom is -0.481 e. The predicted octanol–water partition coefficient (Wildman–Crippen LogP) is 2.77. The van der Waals surface area contributed by atoms with Gasteiger partial charge in [-0.2, -0.15) is 5.10 Å². The lowest BCUT2D eigenvalue weighted by Crippen LogP contribution is -2.26. The van der Waals surface area contributed by atoms with Gasteiger partial charge in [0.1, 0.15) is 11.6 Å². The number of aromatic nitrogens is 2. The molecule has 0 aliphatic rings. The van der Waals surface area contributed by atoms with Crippen molar-refractivity contribution in [2.24, 2.45) is 0 Å². The number of hydrogen-bond acceptors (Lipinski definition) is 4. The third kappa shape index (κ3) is 3.59. The molecule has 3 rings (SSSR count). The van der Waals surface area contributed by atoms with Gasteiger partial charge in [0, 0.05) is 5.69 Å². The van der Waals surface area contributed by atoms with E-state index in [0.717, 1.165) is 6.07 Å². The first kappa shape index (κ1) is 17.3. The second-order valence-electron chi connectivity index (χ2n) is 5.25. The molecule has 0 saturated carbocycles. The van der Waals surface area contributed by atoms with E-state index in [1.54, 1.807) is 0 Å². The van der Waals surface area contributed by atoms with Crippen molar-refractivity contribution in [1.82, 2.24) is 9.78 Å². The summed E-state index contributed by atoms with van der Waals surface area (Å²) in [6.45, 7) is 0. The Labute approximate surface area is 146 Å². The molecule has 3 aromatic rings. The number of rotatable bonds is 4. The van der Waals surface area contributed by atoms with Crippen LogP contribution in [-0.4, -0.2) is 22.8 Å². The minimum atomic E-state index is -0.764. The van der Waals surface area contributed by atoms with Crippen LogP contribution >= 0.6 is 0 Å². The molecule has 0 atom stereocenters. The fraction of sp³-hybridized carbons (Fsp3) is 0.0556. The first-order valence-corrected chi connectivity index (χ1v) is 7.49. The molecule has 1 aromatic heterocycles. The quantitative estimate of drug-likeness (QED) is 0.779. The molecule has 0 aliphatic carbocycles. The SMILES string of the molecule is COc1cc(=O)c(C(=O)Nc2ccc(F)cc2)nn1-c1ccc(F)cc1. The Morgan fingerprint density at radius 2 is 1.62 bits per heavy atom. The van der Waals surface area contributed by atoms with Gasteiger partial charge in [0.25, 0.3) is 5.91 Å². The first-order valence-electron chi connectivity index (χ1n) is 7.49. The van der Waals surface area contributed by atoms with Crippen LogP contribution in [0.3, 0.4) is 0 Å². The molecule has 6 nitrogen and oxygen atoms in total. The van der Waals surface area contributed by atoms with Gasteiger partial charge in [-0.05, 0) is 48.5 Å². The van der Waals surface area contributed by atoms with Crippen LogP contribution in [-0.2, 0) is 0 Å². The molecular weight excluding hydrogens is 344 g/mol. The Kier molecular flexibility index (Phi) is 4.74. The van der Waals surface area contributed by atoms with Crippen LogP contribution in [0.5, 0.6) is 5.88 Å². The number of nitrogens with one attached hydrogen (secondary N) is 1. The van der Waals surface area contributed by atoms with E-state index in [9.17, 15) is 18.4 Å². The Morgan fingerprint density at radius 1 is 1.04 bits per heavy atom. The summed E-state index contributed by atoms with van der Waals surface area (Å²) < 4.78 is 32.4. The lowest BCUT2D eigenvalue weighted by atomic mass is 10.2. The van der Waals surface area contributed by atoms with Crippen molar-refractivity contribution in [1.29, 1.82) is 0 Å². The maximum Gasteiger partial charge on any atom is 0.280 e. The number of benzene rings is 2. The summed E-state index contributed by atoms with van der Waals surface area (Å²) in [7, 11) is 1.34. The van der Waals surface area contributed by atoms with Crippen molar-refractivity contribution in [2.75, 3.05) is 12.4 Å². The molecule has 0 spiro atoms. The van der Waals surface area contributed by atoms with E-state index in [1.165, 1.54) is 60.3 Å². The van der Waals surface area contributed by atoms with Gasteiger partial charge in [0.2, 0.25) is 11.3 Å². The van der Waals surface area contributed by atoms with E-state index >= 15 is 0 Å². The zero-order chi connectivity index (χ0) is 18.7. The van der Waals surface area contributed by atoms with Gasteiger partial charge >= 0.3 is 0 Å². The van der Waals surface area contributed by atoms with E-state index in [-0.39, 0.29) is 11.6 Å². The normalized spacial score (nSPS) is 10.4. The lowest BCUT2D eigenvalue weighted by Gasteiger charge is -2.12. The molecule has 0 unspecified atom stereocenters.